The van der Waals surface area contributed by atoms with Gasteiger partial charge in [-0.05, 0) is 37.7 Å². The van der Waals surface area contributed by atoms with E-state index in [2.05, 4.69) is 20.8 Å². The van der Waals surface area contributed by atoms with E-state index in [1.54, 1.807) is 18.5 Å². The fourth-order valence-corrected chi connectivity index (χ4v) is 6.37. The van der Waals surface area contributed by atoms with Crippen molar-refractivity contribution < 1.29 is 0 Å². The van der Waals surface area contributed by atoms with Crippen molar-refractivity contribution in [2.45, 2.75) is 136 Å². The third-order valence-electron chi connectivity index (χ3n) is 5.48. The van der Waals surface area contributed by atoms with Crippen LogP contribution in [-0.2, 0) is 0 Å². The summed E-state index contributed by atoms with van der Waals surface area (Å²) in [6.07, 6.45) is 31.2. The minimum absolute atomic E-state index is 0. The van der Waals surface area contributed by atoms with E-state index in [0.29, 0.717) is 7.92 Å². The number of hydrogen-bond donors (Lipinski definition) is 0. The van der Waals surface area contributed by atoms with Gasteiger partial charge in [-0.25, -0.2) is 0 Å². The van der Waals surface area contributed by atoms with Crippen molar-refractivity contribution in [1.29, 1.82) is 0 Å². The molecule has 0 saturated heterocycles. The maximum absolute atomic E-state index is 2.32. The summed E-state index contributed by atoms with van der Waals surface area (Å²) in [4.78, 5) is 0. The van der Waals surface area contributed by atoms with Crippen LogP contribution in [0.5, 0.6) is 0 Å². The minimum atomic E-state index is 0. The molecule has 0 aliphatic heterocycles. The molecule has 0 unspecified atom stereocenters. The van der Waals surface area contributed by atoms with Crippen LogP contribution >= 0.6 is 21.4 Å². The minimum Gasteiger partial charge on any atom is -0.197 e. The van der Waals surface area contributed by atoms with Crippen molar-refractivity contribution in [3.8, 4) is 0 Å². The molecule has 0 N–H and O–H groups in total. The maximum atomic E-state index is 2.32. The standard InChI is InChI=1S/C24H51P.H2S/c1-4-7-10-13-16-19-22-25(23-20-17-14-11-8-5-2)24-21-18-15-12-9-6-3;/h4-24H2,1-3H3;1H2. The van der Waals surface area contributed by atoms with Crippen LogP contribution in [0.4, 0.5) is 0 Å². The van der Waals surface area contributed by atoms with Gasteiger partial charge in [0.2, 0.25) is 0 Å². The highest BCUT2D eigenvalue weighted by atomic mass is 32.1. The van der Waals surface area contributed by atoms with Gasteiger partial charge in [0, 0.05) is 0 Å². The summed E-state index contributed by atoms with van der Waals surface area (Å²) in [7, 11) is 0.366. The molecule has 26 heavy (non-hydrogen) atoms. The molecule has 0 spiro atoms. The zero-order valence-electron chi connectivity index (χ0n) is 18.8. The Hall–Kier alpha value is 0.780. The molecule has 0 bridgehead atoms. The highest BCUT2D eigenvalue weighted by Gasteiger charge is 2.07. The molecule has 0 aromatic heterocycles. The van der Waals surface area contributed by atoms with E-state index >= 15 is 0 Å². The molecule has 0 fully saturated rings. The van der Waals surface area contributed by atoms with Crippen LogP contribution in [0.2, 0.25) is 0 Å². The van der Waals surface area contributed by atoms with Gasteiger partial charge < -0.3 is 0 Å². The lowest BCUT2D eigenvalue weighted by Crippen LogP contribution is -1.97. The lowest BCUT2D eigenvalue weighted by molar-refractivity contribution is 0.617. The van der Waals surface area contributed by atoms with Gasteiger partial charge in [0.15, 0.2) is 0 Å². The van der Waals surface area contributed by atoms with Crippen LogP contribution in [0.25, 0.3) is 0 Å². The molecule has 0 aromatic rings. The number of hydrogen-bond acceptors (Lipinski definition) is 0. The SMILES string of the molecule is CCCCCCCCP(CCCCCCCC)CCCCCCCC.S. The largest absolute Gasteiger partial charge is 0.197 e. The fraction of sp³-hybridized carbons (Fsp3) is 1.00. The van der Waals surface area contributed by atoms with Crippen molar-refractivity contribution >= 4 is 21.4 Å². The zero-order chi connectivity index (χ0) is 18.4. The van der Waals surface area contributed by atoms with Gasteiger partial charge in [0.1, 0.15) is 0 Å². The first-order valence-corrected chi connectivity index (χ1v) is 14.0. The summed E-state index contributed by atoms with van der Waals surface area (Å²) in [5.41, 5.74) is 0. The highest BCUT2D eigenvalue weighted by Crippen LogP contribution is 2.39. The van der Waals surface area contributed by atoms with Crippen LogP contribution in [0.1, 0.15) is 136 Å². The lowest BCUT2D eigenvalue weighted by atomic mass is 10.1. The molecule has 0 aromatic carbocycles. The van der Waals surface area contributed by atoms with Crippen molar-refractivity contribution in [3.63, 3.8) is 0 Å². The average molecular weight is 405 g/mol. The molecular formula is C24H53PS. The predicted molar refractivity (Wildman–Crippen MR) is 132 cm³/mol. The molecule has 0 saturated carbocycles. The van der Waals surface area contributed by atoms with E-state index in [9.17, 15) is 0 Å². The van der Waals surface area contributed by atoms with Crippen LogP contribution in [0.15, 0.2) is 0 Å². The quantitative estimate of drug-likeness (QED) is 0.132. The first-order chi connectivity index (χ1) is 12.3. The van der Waals surface area contributed by atoms with Gasteiger partial charge in [-0.2, -0.15) is 13.5 Å². The molecule has 0 nitrogen and oxygen atoms in total. The Balaban J connectivity index is 0. The van der Waals surface area contributed by atoms with Gasteiger partial charge in [-0.15, -0.1) is 7.92 Å². The molecular weight excluding hydrogens is 351 g/mol. The monoisotopic (exact) mass is 404 g/mol. The number of rotatable bonds is 21. The first kappa shape index (κ1) is 29.0. The Morgan fingerprint density at radius 2 is 0.577 bits per heavy atom. The van der Waals surface area contributed by atoms with Crippen LogP contribution in [-0.4, -0.2) is 18.5 Å². The average Bonchev–Trinajstić information content (AvgIpc) is 2.63. The van der Waals surface area contributed by atoms with Crippen molar-refractivity contribution in [2.75, 3.05) is 18.5 Å². The van der Waals surface area contributed by atoms with Crippen molar-refractivity contribution in [1.82, 2.24) is 0 Å². The second kappa shape index (κ2) is 25.8. The third kappa shape index (κ3) is 22.8. The van der Waals surface area contributed by atoms with Crippen molar-refractivity contribution in [2.24, 2.45) is 0 Å². The predicted octanol–water partition coefficient (Wildman–Crippen LogP) is 9.66. The van der Waals surface area contributed by atoms with E-state index in [-0.39, 0.29) is 13.5 Å². The highest BCUT2D eigenvalue weighted by molar-refractivity contribution is 7.59. The molecule has 0 aliphatic rings. The summed E-state index contributed by atoms with van der Waals surface area (Å²) >= 11 is 0. The molecule has 0 heterocycles. The molecule has 0 rings (SSSR count). The van der Waals surface area contributed by atoms with E-state index in [1.807, 2.05) is 0 Å². The Morgan fingerprint density at radius 3 is 0.846 bits per heavy atom. The summed E-state index contributed by atoms with van der Waals surface area (Å²) < 4.78 is 0. The summed E-state index contributed by atoms with van der Waals surface area (Å²) in [6, 6.07) is 0. The summed E-state index contributed by atoms with van der Waals surface area (Å²) in [5.74, 6) is 0. The Kier molecular flexibility index (Phi) is 28.7. The fourth-order valence-electron chi connectivity index (χ4n) is 3.68. The topological polar surface area (TPSA) is 0 Å². The van der Waals surface area contributed by atoms with Gasteiger partial charge in [-0.1, -0.05) is 117 Å². The van der Waals surface area contributed by atoms with Gasteiger partial charge in [-0.3, -0.25) is 0 Å². The van der Waals surface area contributed by atoms with Crippen LogP contribution < -0.4 is 0 Å². The second-order valence-corrected chi connectivity index (χ2v) is 10.8. The Bertz CT molecular complexity index is 194. The van der Waals surface area contributed by atoms with Gasteiger partial charge >= 0.3 is 0 Å². The second-order valence-electron chi connectivity index (χ2n) is 8.14. The lowest BCUT2D eigenvalue weighted by Gasteiger charge is -2.18. The molecule has 2 heteroatoms. The zero-order valence-corrected chi connectivity index (χ0v) is 20.7. The molecule has 0 amide bonds. The smallest absolute Gasteiger partial charge is 0.0326 e. The summed E-state index contributed by atoms with van der Waals surface area (Å²) in [6.45, 7) is 6.96. The van der Waals surface area contributed by atoms with E-state index in [0.717, 1.165) is 0 Å². The van der Waals surface area contributed by atoms with E-state index < -0.39 is 0 Å². The molecule has 160 valence electrons. The normalized spacial score (nSPS) is 11.1. The van der Waals surface area contributed by atoms with E-state index in [1.165, 1.54) is 116 Å². The van der Waals surface area contributed by atoms with Gasteiger partial charge in [0.25, 0.3) is 0 Å². The van der Waals surface area contributed by atoms with Crippen LogP contribution in [0.3, 0.4) is 0 Å². The number of unbranched alkanes of at least 4 members (excludes halogenated alkanes) is 15. The Morgan fingerprint density at radius 1 is 0.346 bits per heavy atom. The third-order valence-corrected chi connectivity index (χ3v) is 8.33. The molecule has 0 atom stereocenters. The van der Waals surface area contributed by atoms with E-state index in [4.69, 9.17) is 0 Å². The maximum Gasteiger partial charge on any atom is -0.0326 e. The van der Waals surface area contributed by atoms with Crippen molar-refractivity contribution in [3.05, 3.63) is 0 Å². The Labute approximate surface area is 176 Å². The summed E-state index contributed by atoms with van der Waals surface area (Å²) in [5, 5.41) is 0. The first-order valence-electron chi connectivity index (χ1n) is 12.1. The molecule has 0 aliphatic carbocycles. The van der Waals surface area contributed by atoms with Gasteiger partial charge in [0.05, 0.1) is 0 Å². The van der Waals surface area contributed by atoms with Crippen LogP contribution in [0, 0.1) is 0 Å². The molecule has 0 radical (unpaired) electrons.